The summed E-state index contributed by atoms with van der Waals surface area (Å²) in [6.45, 7) is 0. The zero-order valence-corrected chi connectivity index (χ0v) is 12.7. The zero-order chi connectivity index (χ0) is 16.3. The Kier molecular flexibility index (Phi) is 4.74. The van der Waals surface area contributed by atoms with E-state index in [1.54, 1.807) is 12.1 Å². The Balaban J connectivity index is 2.28. The van der Waals surface area contributed by atoms with Crippen LogP contribution in [0.3, 0.4) is 0 Å². The van der Waals surface area contributed by atoms with Gasteiger partial charge in [0.2, 0.25) is 0 Å². The van der Waals surface area contributed by atoms with Crippen molar-refractivity contribution in [1.29, 1.82) is 0 Å². The first kappa shape index (κ1) is 15.9. The van der Waals surface area contributed by atoms with E-state index in [9.17, 15) is 19.7 Å². The van der Waals surface area contributed by atoms with Crippen LogP contribution in [-0.4, -0.2) is 23.9 Å². The summed E-state index contributed by atoms with van der Waals surface area (Å²) in [5, 5.41) is 13.2. The highest BCUT2D eigenvalue weighted by molar-refractivity contribution is 7.18. The minimum Gasteiger partial charge on any atom is -0.465 e. The van der Waals surface area contributed by atoms with Crippen molar-refractivity contribution in [3.05, 3.63) is 55.2 Å². The molecule has 0 spiro atoms. The maximum atomic E-state index is 12.1. The van der Waals surface area contributed by atoms with Gasteiger partial charge in [-0.25, -0.2) is 4.79 Å². The number of methoxy groups -OCH3 is 1. The van der Waals surface area contributed by atoms with Gasteiger partial charge in [-0.3, -0.25) is 14.9 Å². The first-order chi connectivity index (χ1) is 10.4. The monoisotopic (exact) mass is 340 g/mol. The molecule has 0 aliphatic carbocycles. The van der Waals surface area contributed by atoms with Gasteiger partial charge >= 0.3 is 5.97 Å². The average molecular weight is 341 g/mol. The maximum absolute atomic E-state index is 12.1. The SMILES string of the molecule is COC(=O)c1ccccc1NC(=O)c1cc([N+](=O)[O-])c(Cl)s1. The van der Waals surface area contributed by atoms with Crippen molar-refractivity contribution in [2.45, 2.75) is 0 Å². The molecule has 2 aromatic rings. The fraction of sp³-hybridized carbons (Fsp3) is 0.0769. The number of hydrogen-bond donors (Lipinski definition) is 1. The highest BCUT2D eigenvalue weighted by atomic mass is 35.5. The van der Waals surface area contributed by atoms with Gasteiger partial charge in [-0.1, -0.05) is 23.7 Å². The minimum absolute atomic E-state index is 0.0661. The van der Waals surface area contributed by atoms with Crippen LogP contribution < -0.4 is 5.32 Å². The Morgan fingerprint density at radius 3 is 2.64 bits per heavy atom. The van der Waals surface area contributed by atoms with Crippen LogP contribution in [0.2, 0.25) is 4.34 Å². The smallest absolute Gasteiger partial charge is 0.339 e. The third-order valence-corrected chi connectivity index (χ3v) is 4.01. The molecule has 1 aromatic carbocycles. The number of amides is 1. The van der Waals surface area contributed by atoms with Gasteiger partial charge in [0.25, 0.3) is 11.6 Å². The van der Waals surface area contributed by atoms with Crippen LogP contribution in [0.1, 0.15) is 20.0 Å². The summed E-state index contributed by atoms with van der Waals surface area (Å²) in [6, 6.07) is 7.35. The predicted octanol–water partition coefficient (Wildman–Crippen LogP) is 3.35. The number of thiophene rings is 1. The second-order valence-corrected chi connectivity index (χ2v) is 5.67. The van der Waals surface area contributed by atoms with Crippen molar-refractivity contribution in [3.8, 4) is 0 Å². The van der Waals surface area contributed by atoms with Crippen LogP contribution in [0, 0.1) is 10.1 Å². The Bertz CT molecular complexity index is 759. The third kappa shape index (κ3) is 3.23. The van der Waals surface area contributed by atoms with Gasteiger partial charge in [0.1, 0.15) is 4.88 Å². The number of nitrogens with zero attached hydrogens (tertiary/aromatic N) is 1. The molecule has 0 radical (unpaired) electrons. The number of hydrogen-bond acceptors (Lipinski definition) is 6. The molecule has 1 amide bonds. The number of nitrogens with one attached hydrogen (secondary N) is 1. The van der Waals surface area contributed by atoms with Crippen LogP contribution >= 0.6 is 22.9 Å². The first-order valence-corrected chi connectivity index (χ1v) is 7.06. The quantitative estimate of drug-likeness (QED) is 0.522. The van der Waals surface area contributed by atoms with Crippen LogP contribution in [0.25, 0.3) is 0 Å². The van der Waals surface area contributed by atoms with Crippen LogP contribution in [0.5, 0.6) is 0 Å². The van der Waals surface area contributed by atoms with E-state index in [-0.39, 0.29) is 26.2 Å². The summed E-state index contributed by atoms with van der Waals surface area (Å²) in [7, 11) is 1.23. The Labute approximate surface area is 133 Å². The van der Waals surface area contributed by atoms with Crippen LogP contribution in [0.4, 0.5) is 11.4 Å². The third-order valence-electron chi connectivity index (χ3n) is 2.67. The molecule has 1 N–H and O–H groups in total. The number of rotatable bonds is 4. The maximum Gasteiger partial charge on any atom is 0.339 e. The van der Waals surface area contributed by atoms with Crippen molar-refractivity contribution >= 4 is 46.2 Å². The van der Waals surface area contributed by atoms with E-state index >= 15 is 0 Å². The number of benzene rings is 1. The summed E-state index contributed by atoms with van der Waals surface area (Å²) in [4.78, 5) is 33.9. The second-order valence-electron chi connectivity index (χ2n) is 4.02. The number of ether oxygens (including phenoxy) is 1. The van der Waals surface area contributed by atoms with Gasteiger partial charge in [-0.05, 0) is 12.1 Å². The predicted molar refractivity (Wildman–Crippen MR) is 81.7 cm³/mol. The Hall–Kier alpha value is -2.45. The summed E-state index contributed by atoms with van der Waals surface area (Å²) < 4.78 is 4.53. The highest BCUT2D eigenvalue weighted by Gasteiger charge is 2.22. The number of nitro groups is 1. The van der Waals surface area contributed by atoms with Gasteiger partial charge < -0.3 is 10.1 Å². The van der Waals surface area contributed by atoms with E-state index < -0.39 is 16.8 Å². The molecule has 114 valence electrons. The molecule has 0 aliphatic rings. The van der Waals surface area contributed by atoms with Gasteiger partial charge in [0, 0.05) is 6.07 Å². The fourth-order valence-electron chi connectivity index (χ4n) is 1.66. The Morgan fingerprint density at radius 2 is 2.05 bits per heavy atom. The number of carbonyl (C=O) groups is 2. The number of para-hydroxylation sites is 1. The van der Waals surface area contributed by atoms with Crippen molar-refractivity contribution in [1.82, 2.24) is 0 Å². The molecular formula is C13H9ClN2O5S. The zero-order valence-electron chi connectivity index (χ0n) is 11.2. The van der Waals surface area contributed by atoms with Gasteiger partial charge in [-0.15, -0.1) is 11.3 Å². The summed E-state index contributed by atoms with van der Waals surface area (Å²) in [5.74, 6) is -1.21. The summed E-state index contributed by atoms with van der Waals surface area (Å²) >= 11 is 6.50. The lowest BCUT2D eigenvalue weighted by atomic mass is 10.2. The number of halogens is 1. The van der Waals surface area contributed by atoms with E-state index in [0.29, 0.717) is 0 Å². The lowest BCUT2D eigenvalue weighted by Crippen LogP contribution is -2.14. The van der Waals surface area contributed by atoms with Crippen molar-refractivity contribution in [2.75, 3.05) is 12.4 Å². The Morgan fingerprint density at radius 1 is 1.36 bits per heavy atom. The number of anilines is 1. The standard InChI is InChI=1S/C13H9ClN2O5S/c1-21-13(18)7-4-2-3-5-8(7)15-12(17)10-6-9(16(19)20)11(14)22-10/h2-6H,1H3,(H,15,17). The van der Waals surface area contributed by atoms with Gasteiger partial charge in [-0.2, -0.15) is 0 Å². The molecule has 0 fully saturated rings. The first-order valence-electron chi connectivity index (χ1n) is 5.86. The van der Waals surface area contributed by atoms with Gasteiger partial charge in [0.05, 0.1) is 23.3 Å². The van der Waals surface area contributed by atoms with Crippen molar-refractivity contribution in [3.63, 3.8) is 0 Å². The fourth-order valence-corrected chi connectivity index (χ4v) is 2.78. The van der Waals surface area contributed by atoms with Crippen molar-refractivity contribution in [2.24, 2.45) is 0 Å². The van der Waals surface area contributed by atoms with Gasteiger partial charge in [0.15, 0.2) is 4.34 Å². The molecule has 22 heavy (non-hydrogen) atoms. The molecule has 1 aromatic heterocycles. The van der Waals surface area contributed by atoms with E-state index in [1.807, 2.05) is 0 Å². The molecule has 0 unspecified atom stereocenters. The van der Waals surface area contributed by atoms with E-state index in [1.165, 1.54) is 19.2 Å². The normalized spacial score (nSPS) is 10.1. The van der Waals surface area contributed by atoms with Crippen LogP contribution in [0.15, 0.2) is 30.3 Å². The molecule has 0 aliphatic heterocycles. The van der Waals surface area contributed by atoms with E-state index in [0.717, 1.165) is 17.4 Å². The molecule has 1 heterocycles. The molecule has 9 heteroatoms. The molecule has 0 saturated heterocycles. The van der Waals surface area contributed by atoms with Crippen molar-refractivity contribution < 1.29 is 19.2 Å². The molecule has 7 nitrogen and oxygen atoms in total. The second kappa shape index (κ2) is 6.54. The highest BCUT2D eigenvalue weighted by Crippen LogP contribution is 2.34. The minimum atomic E-state index is -0.669. The molecular weight excluding hydrogens is 332 g/mol. The number of esters is 1. The molecule has 0 atom stereocenters. The van der Waals surface area contributed by atoms with E-state index in [2.05, 4.69) is 10.1 Å². The topological polar surface area (TPSA) is 98.5 Å². The van der Waals surface area contributed by atoms with E-state index in [4.69, 9.17) is 11.6 Å². The largest absolute Gasteiger partial charge is 0.465 e. The lowest BCUT2D eigenvalue weighted by molar-refractivity contribution is -0.384. The number of carbonyl (C=O) groups excluding carboxylic acids is 2. The summed E-state index contributed by atoms with van der Waals surface area (Å²) in [6.07, 6.45) is 0. The molecule has 2 rings (SSSR count). The lowest BCUT2D eigenvalue weighted by Gasteiger charge is -2.08. The average Bonchev–Trinajstić information content (AvgIpc) is 2.89. The molecule has 0 bridgehead atoms. The summed E-state index contributed by atoms with van der Waals surface area (Å²) in [5.41, 5.74) is 0.0834. The molecule has 0 saturated carbocycles. The van der Waals surface area contributed by atoms with Crippen LogP contribution in [-0.2, 0) is 4.74 Å².